The van der Waals surface area contributed by atoms with Crippen LogP contribution in [-0.4, -0.2) is 31.1 Å². The van der Waals surface area contributed by atoms with Gasteiger partial charge in [0.1, 0.15) is 11.8 Å². The fraction of sp³-hybridized carbons (Fsp3) is 0.467. The Morgan fingerprint density at radius 3 is 2.65 bits per heavy atom. The van der Waals surface area contributed by atoms with Crippen molar-refractivity contribution in [2.75, 3.05) is 13.2 Å². The summed E-state index contributed by atoms with van der Waals surface area (Å²) in [6.07, 6.45) is 0. The Bertz CT molecular complexity index is 485. The summed E-state index contributed by atoms with van der Waals surface area (Å²) in [7, 11) is 0. The van der Waals surface area contributed by atoms with Crippen molar-refractivity contribution in [3.63, 3.8) is 0 Å². The van der Waals surface area contributed by atoms with Crippen molar-refractivity contribution in [3.05, 3.63) is 29.3 Å². The molecular weight excluding hydrogens is 258 g/mol. The fourth-order valence-electron chi connectivity index (χ4n) is 1.62. The molecule has 1 aromatic rings. The molecule has 0 aliphatic rings. The number of aryl methyl sites for hydroxylation is 2. The van der Waals surface area contributed by atoms with Gasteiger partial charge in [0.2, 0.25) is 0 Å². The minimum atomic E-state index is -0.676. The SMILES string of the molecule is CCOC(=O)[C@H](C)NC(=O)COc1cc(C)ccc1C. The summed E-state index contributed by atoms with van der Waals surface area (Å²) in [5, 5.41) is 2.53. The topological polar surface area (TPSA) is 64.6 Å². The predicted molar refractivity (Wildman–Crippen MR) is 75.6 cm³/mol. The molecule has 1 rings (SSSR count). The number of nitrogens with one attached hydrogen (secondary N) is 1. The summed E-state index contributed by atoms with van der Waals surface area (Å²) in [4.78, 5) is 23.1. The zero-order valence-electron chi connectivity index (χ0n) is 12.4. The maximum absolute atomic E-state index is 11.7. The van der Waals surface area contributed by atoms with Gasteiger partial charge in [-0.1, -0.05) is 12.1 Å². The molecule has 5 nitrogen and oxygen atoms in total. The lowest BCUT2D eigenvalue weighted by molar-refractivity contribution is -0.147. The molecule has 0 spiro atoms. The maximum atomic E-state index is 11.7. The fourth-order valence-corrected chi connectivity index (χ4v) is 1.62. The number of carbonyl (C=O) groups excluding carboxylic acids is 2. The lowest BCUT2D eigenvalue weighted by atomic mass is 10.1. The second kappa shape index (κ2) is 7.53. The van der Waals surface area contributed by atoms with Gasteiger partial charge >= 0.3 is 5.97 Å². The molecule has 1 amide bonds. The zero-order chi connectivity index (χ0) is 15.1. The van der Waals surface area contributed by atoms with Crippen molar-refractivity contribution in [3.8, 4) is 5.75 Å². The van der Waals surface area contributed by atoms with E-state index in [9.17, 15) is 9.59 Å². The minimum Gasteiger partial charge on any atom is -0.483 e. The smallest absolute Gasteiger partial charge is 0.328 e. The second-order valence-electron chi connectivity index (χ2n) is 4.60. The van der Waals surface area contributed by atoms with Gasteiger partial charge in [-0.05, 0) is 44.9 Å². The summed E-state index contributed by atoms with van der Waals surface area (Å²) in [5.41, 5.74) is 2.02. The Balaban J connectivity index is 2.47. The Kier molecular flexibility index (Phi) is 6.03. The number of benzene rings is 1. The van der Waals surface area contributed by atoms with E-state index in [0.29, 0.717) is 5.75 Å². The van der Waals surface area contributed by atoms with Crippen LogP contribution >= 0.6 is 0 Å². The van der Waals surface area contributed by atoms with Crippen molar-refractivity contribution in [2.24, 2.45) is 0 Å². The molecule has 0 bridgehead atoms. The third-order valence-corrected chi connectivity index (χ3v) is 2.72. The quantitative estimate of drug-likeness (QED) is 0.806. The van der Waals surface area contributed by atoms with Crippen LogP contribution in [0, 0.1) is 13.8 Å². The maximum Gasteiger partial charge on any atom is 0.328 e. The van der Waals surface area contributed by atoms with E-state index < -0.39 is 12.0 Å². The molecule has 0 fully saturated rings. The number of hydrogen-bond acceptors (Lipinski definition) is 4. The lowest BCUT2D eigenvalue weighted by Gasteiger charge is -2.14. The third kappa shape index (κ3) is 4.91. The normalized spacial score (nSPS) is 11.6. The van der Waals surface area contributed by atoms with E-state index in [1.54, 1.807) is 13.8 Å². The molecule has 1 atom stereocenters. The van der Waals surface area contributed by atoms with Crippen LogP contribution < -0.4 is 10.1 Å². The minimum absolute atomic E-state index is 0.131. The van der Waals surface area contributed by atoms with Crippen LogP contribution in [0.5, 0.6) is 5.75 Å². The number of esters is 1. The summed E-state index contributed by atoms with van der Waals surface area (Å²) in [6, 6.07) is 5.11. The van der Waals surface area contributed by atoms with Gasteiger partial charge in [0.05, 0.1) is 6.61 Å². The summed E-state index contributed by atoms with van der Waals surface area (Å²) >= 11 is 0. The van der Waals surface area contributed by atoms with E-state index in [2.05, 4.69) is 5.32 Å². The first kappa shape index (κ1) is 16.0. The highest BCUT2D eigenvalue weighted by Crippen LogP contribution is 2.18. The number of amides is 1. The van der Waals surface area contributed by atoms with E-state index >= 15 is 0 Å². The number of rotatable bonds is 6. The first-order chi connectivity index (χ1) is 9.43. The number of carbonyl (C=O) groups is 2. The van der Waals surface area contributed by atoms with Crippen molar-refractivity contribution in [2.45, 2.75) is 33.7 Å². The van der Waals surface area contributed by atoms with Gasteiger partial charge in [-0.25, -0.2) is 4.79 Å². The van der Waals surface area contributed by atoms with E-state index in [4.69, 9.17) is 9.47 Å². The molecule has 1 aromatic carbocycles. The number of hydrogen-bond donors (Lipinski definition) is 1. The average molecular weight is 279 g/mol. The van der Waals surface area contributed by atoms with Crippen LogP contribution in [-0.2, 0) is 14.3 Å². The molecule has 110 valence electrons. The molecule has 1 N–H and O–H groups in total. The van der Waals surface area contributed by atoms with E-state index in [0.717, 1.165) is 11.1 Å². The van der Waals surface area contributed by atoms with Crippen LogP contribution in [0.2, 0.25) is 0 Å². The highest BCUT2D eigenvalue weighted by molar-refractivity contribution is 5.84. The summed E-state index contributed by atoms with van der Waals surface area (Å²) < 4.78 is 10.3. The highest BCUT2D eigenvalue weighted by Gasteiger charge is 2.16. The Labute approximate surface area is 119 Å². The molecule has 0 radical (unpaired) electrons. The average Bonchev–Trinajstić information content (AvgIpc) is 2.40. The van der Waals surface area contributed by atoms with E-state index in [1.807, 2.05) is 32.0 Å². The van der Waals surface area contributed by atoms with Crippen molar-refractivity contribution in [1.82, 2.24) is 5.32 Å². The molecule has 0 aromatic heterocycles. The summed E-state index contributed by atoms with van der Waals surface area (Å²) in [6.45, 7) is 7.32. The predicted octanol–water partition coefficient (Wildman–Crippen LogP) is 1.75. The largest absolute Gasteiger partial charge is 0.483 e. The molecule has 0 unspecified atom stereocenters. The molecule has 5 heteroatoms. The molecule has 20 heavy (non-hydrogen) atoms. The zero-order valence-corrected chi connectivity index (χ0v) is 12.4. The van der Waals surface area contributed by atoms with Crippen LogP contribution in [0.1, 0.15) is 25.0 Å². The first-order valence-electron chi connectivity index (χ1n) is 6.60. The van der Waals surface area contributed by atoms with Gasteiger partial charge < -0.3 is 14.8 Å². The number of ether oxygens (including phenoxy) is 2. The van der Waals surface area contributed by atoms with Gasteiger partial charge in [0, 0.05) is 0 Å². The Hall–Kier alpha value is -2.04. The van der Waals surface area contributed by atoms with Gasteiger partial charge in [-0.2, -0.15) is 0 Å². The first-order valence-corrected chi connectivity index (χ1v) is 6.60. The van der Waals surface area contributed by atoms with Crippen molar-refractivity contribution >= 4 is 11.9 Å². The summed E-state index contributed by atoms with van der Waals surface area (Å²) in [5.74, 6) is -0.136. The Morgan fingerprint density at radius 1 is 1.30 bits per heavy atom. The van der Waals surface area contributed by atoms with Crippen LogP contribution in [0.15, 0.2) is 18.2 Å². The van der Waals surface area contributed by atoms with Crippen LogP contribution in [0.25, 0.3) is 0 Å². The molecule has 0 aliphatic heterocycles. The third-order valence-electron chi connectivity index (χ3n) is 2.72. The van der Waals surface area contributed by atoms with Crippen LogP contribution in [0.3, 0.4) is 0 Å². The van der Waals surface area contributed by atoms with E-state index in [-0.39, 0.29) is 19.1 Å². The monoisotopic (exact) mass is 279 g/mol. The van der Waals surface area contributed by atoms with Crippen molar-refractivity contribution in [1.29, 1.82) is 0 Å². The van der Waals surface area contributed by atoms with Crippen molar-refractivity contribution < 1.29 is 19.1 Å². The van der Waals surface area contributed by atoms with Gasteiger partial charge in [-0.15, -0.1) is 0 Å². The second-order valence-corrected chi connectivity index (χ2v) is 4.60. The van der Waals surface area contributed by atoms with Gasteiger partial charge in [0.15, 0.2) is 6.61 Å². The Morgan fingerprint density at radius 2 is 2.00 bits per heavy atom. The highest BCUT2D eigenvalue weighted by atomic mass is 16.5. The van der Waals surface area contributed by atoms with E-state index in [1.165, 1.54) is 0 Å². The van der Waals surface area contributed by atoms with Gasteiger partial charge in [0.25, 0.3) is 5.91 Å². The molecule has 0 heterocycles. The molecule has 0 saturated carbocycles. The lowest BCUT2D eigenvalue weighted by Crippen LogP contribution is -2.41. The van der Waals surface area contributed by atoms with Crippen LogP contribution in [0.4, 0.5) is 0 Å². The standard InChI is InChI=1S/C15H21NO4/c1-5-19-15(18)12(4)16-14(17)9-20-13-8-10(2)6-7-11(13)3/h6-8,12H,5,9H2,1-4H3,(H,16,17)/t12-/m0/s1. The molecule has 0 saturated heterocycles. The van der Waals surface area contributed by atoms with Gasteiger partial charge in [-0.3, -0.25) is 4.79 Å². The molecular formula is C15H21NO4. The molecule has 0 aliphatic carbocycles.